The predicted molar refractivity (Wildman–Crippen MR) is 140 cm³/mol. The molecule has 0 fully saturated rings. The van der Waals surface area contributed by atoms with Crippen molar-refractivity contribution in [2.75, 3.05) is 6.16 Å². The van der Waals surface area contributed by atoms with Crippen LogP contribution in [0.25, 0.3) is 0 Å². The van der Waals surface area contributed by atoms with E-state index >= 15 is 4.57 Å². The Kier molecular flexibility index (Phi) is 7.15. The Morgan fingerprint density at radius 3 is 1.18 bits per heavy atom. The van der Waals surface area contributed by atoms with Crippen molar-refractivity contribution in [2.24, 2.45) is 0 Å². The largest absolute Gasteiger partial charge is 0.393 e. The molecule has 0 unspecified atom stereocenters. The van der Waals surface area contributed by atoms with E-state index in [-0.39, 0.29) is 6.16 Å². The summed E-state index contributed by atoms with van der Waals surface area (Å²) < 4.78 is 29.8. The summed E-state index contributed by atoms with van der Waals surface area (Å²) >= 11 is 0. The summed E-state index contributed by atoms with van der Waals surface area (Å²) in [5, 5.41) is 13.8. The second-order valence-electron chi connectivity index (χ2n) is 8.23. The molecule has 168 valence electrons. The van der Waals surface area contributed by atoms with Crippen molar-refractivity contribution in [3.05, 3.63) is 121 Å². The molecule has 0 spiro atoms. The minimum absolute atomic E-state index is 0.0970. The van der Waals surface area contributed by atoms with Gasteiger partial charge in [0, 0.05) is 27.4 Å². The summed E-state index contributed by atoms with van der Waals surface area (Å²) in [7, 11) is -6.55. The summed E-state index contributed by atoms with van der Waals surface area (Å²) in [5.41, 5.74) is -0.728. The number of aliphatic hydroxyl groups is 1. The molecule has 1 N–H and O–H groups in total. The first-order valence-electron chi connectivity index (χ1n) is 11.1. The Bertz CT molecular complexity index is 1170. The molecule has 0 heterocycles. The summed E-state index contributed by atoms with van der Waals surface area (Å²) in [4.78, 5) is 0. The normalized spacial score (nSPS) is 13.9. The second-order valence-corrected chi connectivity index (χ2v) is 14.1. The molecular weight excluding hydrogens is 446 g/mol. The van der Waals surface area contributed by atoms with E-state index in [0.717, 1.165) is 0 Å². The lowest BCUT2D eigenvalue weighted by Crippen LogP contribution is -2.38. The van der Waals surface area contributed by atoms with Crippen LogP contribution in [0.15, 0.2) is 121 Å². The van der Waals surface area contributed by atoms with Crippen LogP contribution in [0.1, 0.15) is 6.92 Å². The maximum absolute atomic E-state index is 15.0. The third-order valence-electron chi connectivity index (χ3n) is 6.09. The van der Waals surface area contributed by atoms with E-state index in [9.17, 15) is 9.67 Å². The highest BCUT2D eigenvalue weighted by Crippen LogP contribution is 2.56. The Hall–Kier alpha value is -2.70. The smallest absolute Gasteiger partial charge is 0.149 e. The molecule has 0 aliphatic rings. The van der Waals surface area contributed by atoms with Crippen LogP contribution in [0.3, 0.4) is 0 Å². The Labute approximate surface area is 195 Å². The van der Waals surface area contributed by atoms with Gasteiger partial charge in [-0.2, -0.15) is 0 Å². The van der Waals surface area contributed by atoms with E-state index < -0.39 is 26.0 Å². The van der Waals surface area contributed by atoms with E-state index in [1.807, 2.05) is 121 Å². The van der Waals surface area contributed by atoms with Crippen LogP contribution >= 0.6 is 14.3 Å². The Morgan fingerprint density at radius 1 is 0.576 bits per heavy atom. The van der Waals surface area contributed by atoms with Gasteiger partial charge in [-0.25, -0.2) is 0 Å². The van der Waals surface area contributed by atoms with Gasteiger partial charge in [0.05, 0.1) is 11.8 Å². The standard InChI is InChI=1S/C28H28O3P2/c1-23(29)28(33(31,26-18-10-4-11-19-26)27-20-12-5-13-21-27)22-32(30,24-14-6-2-7-15-24)25-16-8-3-9-17-25/h2-21,23,28-29H,22H2,1H3/t23-,28-/m0/s1. The molecule has 0 aliphatic heterocycles. The third-order valence-corrected chi connectivity index (χ3v) is 13.2. The molecule has 2 atom stereocenters. The average molecular weight is 474 g/mol. The van der Waals surface area contributed by atoms with Crippen molar-refractivity contribution in [3.63, 3.8) is 0 Å². The molecule has 33 heavy (non-hydrogen) atoms. The van der Waals surface area contributed by atoms with Crippen LogP contribution in [0, 0.1) is 0 Å². The van der Waals surface area contributed by atoms with Crippen LogP contribution < -0.4 is 21.2 Å². The number of aliphatic hydroxyl groups excluding tert-OH is 1. The zero-order chi connectivity index (χ0) is 23.3. The minimum atomic E-state index is -3.35. The Balaban J connectivity index is 1.92. The van der Waals surface area contributed by atoms with Gasteiger partial charge in [-0.1, -0.05) is 121 Å². The SMILES string of the molecule is C[C@H](O)[C@H](CP(=O)(c1ccccc1)c1ccccc1)P(=O)(c1ccccc1)c1ccccc1. The molecule has 4 aromatic rings. The molecule has 0 bridgehead atoms. The van der Waals surface area contributed by atoms with Crippen LogP contribution in [0.2, 0.25) is 0 Å². The quantitative estimate of drug-likeness (QED) is 0.375. The lowest BCUT2D eigenvalue weighted by molar-refractivity contribution is 0.194. The number of hydrogen-bond donors (Lipinski definition) is 1. The maximum atomic E-state index is 15.0. The fourth-order valence-corrected chi connectivity index (χ4v) is 11.7. The first-order valence-corrected chi connectivity index (χ1v) is 14.7. The van der Waals surface area contributed by atoms with Crippen LogP contribution in [-0.2, 0) is 9.13 Å². The van der Waals surface area contributed by atoms with Crippen molar-refractivity contribution >= 4 is 35.5 Å². The monoisotopic (exact) mass is 474 g/mol. The highest BCUT2D eigenvalue weighted by molar-refractivity contribution is 7.82. The molecule has 0 radical (unpaired) electrons. The molecule has 4 rings (SSSR count). The van der Waals surface area contributed by atoms with Gasteiger partial charge in [0.15, 0.2) is 0 Å². The molecule has 4 aromatic carbocycles. The van der Waals surface area contributed by atoms with Gasteiger partial charge in [-0.15, -0.1) is 0 Å². The number of benzene rings is 4. The van der Waals surface area contributed by atoms with Crippen molar-refractivity contribution in [2.45, 2.75) is 18.7 Å². The average Bonchev–Trinajstić information content (AvgIpc) is 2.88. The van der Waals surface area contributed by atoms with Gasteiger partial charge in [0.2, 0.25) is 0 Å². The van der Waals surface area contributed by atoms with Gasteiger partial charge in [0.25, 0.3) is 0 Å². The van der Waals surface area contributed by atoms with Crippen molar-refractivity contribution in [3.8, 4) is 0 Å². The number of rotatable bonds is 8. The molecule has 5 heteroatoms. The van der Waals surface area contributed by atoms with E-state index in [2.05, 4.69) is 0 Å². The van der Waals surface area contributed by atoms with Gasteiger partial charge in [0.1, 0.15) is 14.3 Å². The molecule has 0 aromatic heterocycles. The first kappa shape index (κ1) is 23.5. The maximum Gasteiger partial charge on any atom is 0.149 e. The second kappa shape index (κ2) is 10.1. The molecule has 0 amide bonds. The first-order chi connectivity index (χ1) is 16.0. The zero-order valence-corrected chi connectivity index (χ0v) is 20.4. The van der Waals surface area contributed by atoms with Crippen LogP contribution in [0.4, 0.5) is 0 Å². The van der Waals surface area contributed by atoms with Crippen molar-refractivity contribution in [1.82, 2.24) is 0 Å². The highest BCUT2D eigenvalue weighted by atomic mass is 31.2. The van der Waals surface area contributed by atoms with Gasteiger partial charge >= 0.3 is 0 Å². The summed E-state index contributed by atoms with van der Waals surface area (Å²) in [6.07, 6.45) is -0.836. The fourth-order valence-electron chi connectivity index (χ4n) is 4.36. The molecule has 3 nitrogen and oxygen atoms in total. The van der Waals surface area contributed by atoms with E-state index in [4.69, 9.17) is 0 Å². The molecule has 0 saturated carbocycles. The lowest BCUT2D eigenvalue weighted by atomic mass is 10.3. The van der Waals surface area contributed by atoms with Crippen molar-refractivity contribution in [1.29, 1.82) is 0 Å². The molecule has 0 saturated heterocycles. The molecule has 0 aliphatic carbocycles. The van der Waals surface area contributed by atoms with Crippen molar-refractivity contribution < 1.29 is 14.2 Å². The molecular formula is C28H28O3P2. The third kappa shape index (κ3) is 4.68. The van der Waals surface area contributed by atoms with Gasteiger partial charge in [-0.3, -0.25) is 0 Å². The topological polar surface area (TPSA) is 54.4 Å². The minimum Gasteiger partial charge on any atom is -0.393 e. The van der Waals surface area contributed by atoms with Crippen LogP contribution in [-0.4, -0.2) is 23.0 Å². The zero-order valence-electron chi connectivity index (χ0n) is 18.6. The number of hydrogen-bond acceptors (Lipinski definition) is 3. The van der Waals surface area contributed by atoms with Crippen LogP contribution in [0.5, 0.6) is 0 Å². The predicted octanol–water partition coefficient (Wildman–Crippen LogP) is 4.76. The van der Waals surface area contributed by atoms with E-state index in [1.54, 1.807) is 6.92 Å². The summed E-state index contributed by atoms with van der Waals surface area (Å²) in [6.45, 7) is 1.66. The summed E-state index contributed by atoms with van der Waals surface area (Å²) in [5.74, 6) is 0. The Morgan fingerprint density at radius 2 is 0.879 bits per heavy atom. The van der Waals surface area contributed by atoms with Gasteiger partial charge < -0.3 is 14.2 Å². The highest BCUT2D eigenvalue weighted by Gasteiger charge is 2.44. The fraction of sp³-hybridized carbons (Fsp3) is 0.143. The van der Waals surface area contributed by atoms with E-state index in [1.165, 1.54) is 0 Å². The lowest BCUT2D eigenvalue weighted by Gasteiger charge is -2.34. The summed E-state index contributed by atoms with van der Waals surface area (Å²) in [6, 6.07) is 37.3. The van der Waals surface area contributed by atoms with E-state index in [0.29, 0.717) is 21.2 Å². The van der Waals surface area contributed by atoms with Gasteiger partial charge in [-0.05, 0) is 6.92 Å².